The number of H-pyrrole nitrogens is 1. The molecule has 3 aromatic heterocycles. The van der Waals surface area contributed by atoms with E-state index in [9.17, 15) is 8.78 Å². The number of halogens is 3. The maximum absolute atomic E-state index is 14.5. The molecule has 1 aliphatic rings. The second-order valence-electron chi connectivity index (χ2n) is 6.90. The van der Waals surface area contributed by atoms with E-state index in [1.807, 2.05) is 12.3 Å². The SMILES string of the molecule is Cc1cnc(C(F)(F)CN2CCC(Nc3ncnc4[nH]ccc34)CC2)cn1.Cl. The lowest BCUT2D eigenvalue weighted by Gasteiger charge is -2.34. The molecule has 3 aromatic rings. The Bertz CT molecular complexity index is 908. The lowest BCUT2D eigenvalue weighted by atomic mass is 10.0. The Morgan fingerprint density at radius 3 is 2.68 bits per heavy atom. The molecule has 4 heterocycles. The van der Waals surface area contributed by atoms with E-state index < -0.39 is 5.92 Å². The normalized spacial score (nSPS) is 16.1. The Balaban J connectivity index is 0.00000225. The van der Waals surface area contributed by atoms with Crippen molar-refractivity contribution >= 4 is 29.3 Å². The maximum atomic E-state index is 14.5. The third-order valence-corrected chi connectivity index (χ3v) is 4.86. The van der Waals surface area contributed by atoms with Gasteiger partial charge in [-0.1, -0.05) is 0 Å². The summed E-state index contributed by atoms with van der Waals surface area (Å²) in [6.07, 6.45) is 7.42. The number of aryl methyl sites for hydroxylation is 1. The predicted octanol–water partition coefficient (Wildman–Crippen LogP) is 3.15. The summed E-state index contributed by atoms with van der Waals surface area (Å²) in [5.41, 5.74) is 1.13. The minimum Gasteiger partial charge on any atom is -0.367 e. The first-order chi connectivity index (χ1) is 13.0. The molecule has 0 saturated carbocycles. The van der Waals surface area contributed by atoms with Crippen LogP contribution in [0.3, 0.4) is 0 Å². The van der Waals surface area contributed by atoms with Crippen LogP contribution < -0.4 is 5.32 Å². The Hall–Kier alpha value is -2.39. The molecule has 0 spiro atoms. The zero-order valence-corrected chi connectivity index (χ0v) is 16.2. The number of fused-ring (bicyclic) bond motifs is 1. The number of alkyl halides is 2. The molecule has 0 radical (unpaired) electrons. The molecular weight excluding hydrogens is 388 g/mol. The van der Waals surface area contributed by atoms with E-state index in [1.165, 1.54) is 18.7 Å². The number of anilines is 1. The highest BCUT2D eigenvalue weighted by molar-refractivity contribution is 5.86. The molecule has 1 saturated heterocycles. The summed E-state index contributed by atoms with van der Waals surface area (Å²) in [5, 5.41) is 4.36. The predicted molar refractivity (Wildman–Crippen MR) is 105 cm³/mol. The number of nitrogens with zero attached hydrogens (tertiary/aromatic N) is 5. The van der Waals surface area contributed by atoms with Crippen LogP contribution in [-0.2, 0) is 5.92 Å². The third-order valence-electron chi connectivity index (χ3n) is 4.86. The largest absolute Gasteiger partial charge is 0.367 e. The molecular formula is C18H22ClF2N7. The number of aromatic amines is 1. The van der Waals surface area contributed by atoms with Gasteiger partial charge in [0.2, 0.25) is 0 Å². The Morgan fingerprint density at radius 1 is 1.18 bits per heavy atom. The molecule has 0 atom stereocenters. The molecule has 150 valence electrons. The summed E-state index contributed by atoms with van der Waals surface area (Å²) in [7, 11) is 0. The maximum Gasteiger partial charge on any atom is 0.303 e. The zero-order chi connectivity index (χ0) is 18.9. The Labute approximate surface area is 167 Å². The molecule has 7 nitrogen and oxygen atoms in total. The van der Waals surface area contributed by atoms with Gasteiger partial charge in [-0.2, -0.15) is 8.78 Å². The lowest BCUT2D eigenvalue weighted by Crippen LogP contribution is -2.44. The van der Waals surface area contributed by atoms with E-state index in [-0.39, 0.29) is 30.7 Å². The molecule has 1 aliphatic heterocycles. The van der Waals surface area contributed by atoms with Gasteiger partial charge < -0.3 is 10.3 Å². The minimum atomic E-state index is -3.01. The minimum absolute atomic E-state index is 0. The van der Waals surface area contributed by atoms with Crippen molar-refractivity contribution in [1.29, 1.82) is 0 Å². The van der Waals surface area contributed by atoms with E-state index in [0.717, 1.165) is 29.7 Å². The number of hydrogen-bond acceptors (Lipinski definition) is 6. The summed E-state index contributed by atoms with van der Waals surface area (Å²) in [5.74, 6) is -2.23. The second-order valence-corrected chi connectivity index (χ2v) is 6.90. The van der Waals surface area contributed by atoms with Gasteiger partial charge in [-0.15, -0.1) is 12.4 Å². The van der Waals surface area contributed by atoms with Crippen LogP contribution in [0.25, 0.3) is 11.0 Å². The van der Waals surface area contributed by atoms with Crippen molar-refractivity contribution in [1.82, 2.24) is 29.8 Å². The quantitative estimate of drug-likeness (QED) is 0.673. The lowest BCUT2D eigenvalue weighted by molar-refractivity contribution is -0.0460. The van der Waals surface area contributed by atoms with E-state index in [4.69, 9.17) is 0 Å². The number of hydrogen-bond donors (Lipinski definition) is 2. The average molecular weight is 410 g/mol. The van der Waals surface area contributed by atoms with Gasteiger partial charge in [0.25, 0.3) is 0 Å². The fourth-order valence-electron chi connectivity index (χ4n) is 3.36. The third kappa shape index (κ3) is 4.36. The van der Waals surface area contributed by atoms with Gasteiger partial charge in [-0.3, -0.25) is 14.9 Å². The molecule has 0 amide bonds. The van der Waals surface area contributed by atoms with Crippen LogP contribution in [0.5, 0.6) is 0 Å². The van der Waals surface area contributed by atoms with Gasteiger partial charge >= 0.3 is 5.92 Å². The van der Waals surface area contributed by atoms with Gasteiger partial charge in [0.05, 0.1) is 23.8 Å². The molecule has 0 unspecified atom stereocenters. The number of likely N-dealkylation sites (tertiary alicyclic amines) is 1. The molecule has 1 fully saturated rings. The molecule has 0 aliphatic carbocycles. The molecule has 10 heteroatoms. The van der Waals surface area contributed by atoms with E-state index >= 15 is 0 Å². The van der Waals surface area contributed by atoms with Crippen LogP contribution in [0.4, 0.5) is 14.6 Å². The van der Waals surface area contributed by atoms with Crippen molar-refractivity contribution in [2.24, 2.45) is 0 Å². The van der Waals surface area contributed by atoms with Crippen molar-refractivity contribution in [3.63, 3.8) is 0 Å². The van der Waals surface area contributed by atoms with Crippen LogP contribution in [0.2, 0.25) is 0 Å². The topological polar surface area (TPSA) is 82.6 Å². The standard InChI is InChI=1S/C18H21F2N7.ClH/c1-12-8-23-15(9-22-12)18(19,20)10-27-6-3-13(4-7-27)26-17-14-2-5-21-16(14)24-11-25-17;/h2,5,8-9,11,13H,3-4,6-7,10H2,1H3,(H2,21,24,25,26);1H. The summed E-state index contributed by atoms with van der Waals surface area (Å²) in [6, 6.07) is 2.12. The first kappa shape index (κ1) is 20.3. The Kier molecular flexibility index (Phi) is 6.04. The fourth-order valence-corrected chi connectivity index (χ4v) is 3.36. The van der Waals surface area contributed by atoms with Gasteiger partial charge in [-0.05, 0) is 25.8 Å². The van der Waals surface area contributed by atoms with Crippen molar-refractivity contribution < 1.29 is 8.78 Å². The van der Waals surface area contributed by atoms with Crippen LogP contribution in [-0.4, -0.2) is 55.5 Å². The molecule has 0 bridgehead atoms. The monoisotopic (exact) mass is 409 g/mol. The summed E-state index contributed by atoms with van der Waals surface area (Å²) >= 11 is 0. The first-order valence-corrected chi connectivity index (χ1v) is 8.95. The molecule has 28 heavy (non-hydrogen) atoms. The average Bonchev–Trinajstić information content (AvgIpc) is 3.13. The Morgan fingerprint density at radius 2 is 1.96 bits per heavy atom. The van der Waals surface area contributed by atoms with Crippen LogP contribution in [0, 0.1) is 6.92 Å². The molecule has 4 rings (SSSR count). The first-order valence-electron chi connectivity index (χ1n) is 8.95. The summed E-state index contributed by atoms with van der Waals surface area (Å²) in [4.78, 5) is 21.1. The van der Waals surface area contributed by atoms with Crippen molar-refractivity contribution in [2.75, 3.05) is 25.0 Å². The van der Waals surface area contributed by atoms with Gasteiger partial charge in [0, 0.05) is 31.5 Å². The van der Waals surface area contributed by atoms with Crippen molar-refractivity contribution in [3.8, 4) is 0 Å². The van der Waals surface area contributed by atoms with Gasteiger partial charge in [-0.25, -0.2) is 9.97 Å². The van der Waals surface area contributed by atoms with Crippen molar-refractivity contribution in [2.45, 2.75) is 31.7 Å². The highest BCUT2D eigenvalue weighted by atomic mass is 35.5. The van der Waals surface area contributed by atoms with Crippen LogP contribution >= 0.6 is 12.4 Å². The number of nitrogens with one attached hydrogen (secondary N) is 2. The van der Waals surface area contributed by atoms with Gasteiger partial charge in [0.15, 0.2) is 0 Å². The molecule has 2 N–H and O–H groups in total. The van der Waals surface area contributed by atoms with Gasteiger partial charge in [0.1, 0.15) is 23.5 Å². The van der Waals surface area contributed by atoms with E-state index in [1.54, 1.807) is 11.8 Å². The highest BCUT2D eigenvalue weighted by Gasteiger charge is 2.37. The summed E-state index contributed by atoms with van der Waals surface area (Å²) in [6.45, 7) is 2.57. The van der Waals surface area contributed by atoms with Crippen LogP contribution in [0.15, 0.2) is 31.0 Å². The second kappa shape index (κ2) is 8.32. The zero-order valence-electron chi connectivity index (χ0n) is 15.4. The number of aromatic nitrogens is 5. The fraction of sp³-hybridized carbons (Fsp3) is 0.444. The highest BCUT2D eigenvalue weighted by Crippen LogP contribution is 2.29. The number of piperidine rings is 1. The molecule has 0 aromatic carbocycles. The number of rotatable bonds is 5. The smallest absolute Gasteiger partial charge is 0.303 e. The van der Waals surface area contributed by atoms with Crippen LogP contribution in [0.1, 0.15) is 24.2 Å². The van der Waals surface area contributed by atoms with Crippen molar-refractivity contribution in [3.05, 3.63) is 42.4 Å². The summed E-state index contributed by atoms with van der Waals surface area (Å²) < 4.78 is 29.0. The van der Waals surface area contributed by atoms with E-state index in [0.29, 0.717) is 18.8 Å². The van der Waals surface area contributed by atoms with E-state index in [2.05, 4.69) is 30.2 Å².